The van der Waals surface area contributed by atoms with Gasteiger partial charge in [0.1, 0.15) is 5.69 Å². The van der Waals surface area contributed by atoms with E-state index in [2.05, 4.69) is 18.8 Å². The van der Waals surface area contributed by atoms with Crippen LogP contribution >= 0.6 is 0 Å². The summed E-state index contributed by atoms with van der Waals surface area (Å²) in [5.74, 6) is 1.09. The van der Waals surface area contributed by atoms with E-state index in [0.717, 1.165) is 18.5 Å². The fraction of sp³-hybridized carbons (Fsp3) is 0.600. The van der Waals surface area contributed by atoms with Crippen molar-refractivity contribution in [2.75, 3.05) is 25.6 Å². The van der Waals surface area contributed by atoms with Gasteiger partial charge in [0.25, 0.3) is 0 Å². The van der Waals surface area contributed by atoms with Gasteiger partial charge in [-0.05, 0) is 24.8 Å². The second-order valence-corrected chi connectivity index (χ2v) is 5.77. The minimum absolute atomic E-state index is 0.0482. The summed E-state index contributed by atoms with van der Waals surface area (Å²) in [5, 5.41) is 0. The topological polar surface area (TPSA) is 51.7 Å². The van der Waals surface area contributed by atoms with E-state index in [4.69, 9.17) is 9.47 Å². The van der Waals surface area contributed by atoms with Crippen LogP contribution in [0.3, 0.4) is 0 Å². The molecule has 1 aromatic rings. The molecule has 20 heavy (non-hydrogen) atoms. The van der Waals surface area contributed by atoms with Gasteiger partial charge in [0, 0.05) is 20.2 Å². The molecule has 0 saturated heterocycles. The van der Waals surface area contributed by atoms with Crippen molar-refractivity contribution in [1.29, 1.82) is 0 Å². The van der Waals surface area contributed by atoms with Gasteiger partial charge in [-0.3, -0.25) is 4.79 Å². The van der Waals surface area contributed by atoms with Gasteiger partial charge >= 0.3 is 5.97 Å². The van der Waals surface area contributed by atoms with E-state index in [0.29, 0.717) is 24.3 Å². The Bertz CT molecular complexity index is 482. The number of esters is 1. The van der Waals surface area contributed by atoms with Crippen LogP contribution in [0.5, 0.6) is 11.8 Å². The van der Waals surface area contributed by atoms with Crippen molar-refractivity contribution in [3.05, 3.63) is 12.1 Å². The summed E-state index contributed by atoms with van der Waals surface area (Å²) in [6.07, 6.45) is 1.83. The Morgan fingerprint density at radius 2 is 2.10 bits per heavy atom. The summed E-state index contributed by atoms with van der Waals surface area (Å²) in [5.41, 5.74) is 0.774. The Balaban J connectivity index is 2.15. The Morgan fingerprint density at radius 1 is 1.40 bits per heavy atom. The van der Waals surface area contributed by atoms with Gasteiger partial charge < -0.3 is 14.4 Å². The fourth-order valence-corrected chi connectivity index (χ4v) is 1.66. The molecule has 0 N–H and O–H groups in total. The molecular weight excluding hydrogens is 256 g/mol. The predicted molar refractivity (Wildman–Crippen MR) is 77.3 cm³/mol. The molecule has 1 fully saturated rings. The fourth-order valence-electron chi connectivity index (χ4n) is 1.66. The second kappa shape index (κ2) is 6.11. The summed E-state index contributed by atoms with van der Waals surface area (Å²) in [4.78, 5) is 18.0. The number of nitrogens with zero attached hydrogens (tertiary/aromatic N) is 2. The Morgan fingerprint density at radius 3 is 2.65 bits per heavy atom. The Labute approximate surface area is 119 Å². The third-order valence-electron chi connectivity index (χ3n) is 2.97. The molecule has 0 aliphatic heterocycles. The van der Waals surface area contributed by atoms with Crippen LogP contribution in [0.1, 0.15) is 26.7 Å². The maximum absolute atomic E-state index is 11.8. The molecule has 1 heterocycles. The first-order chi connectivity index (χ1) is 9.47. The van der Waals surface area contributed by atoms with Crippen LogP contribution in [-0.4, -0.2) is 31.7 Å². The van der Waals surface area contributed by atoms with Crippen molar-refractivity contribution >= 4 is 11.7 Å². The van der Waals surface area contributed by atoms with Gasteiger partial charge in [-0.25, -0.2) is 0 Å². The highest BCUT2D eigenvalue weighted by Gasteiger charge is 2.32. The third kappa shape index (κ3) is 3.85. The van der Waals surface area contributed by atoms with Crippen molar-refractivity contribution in [3.63, 3.8) is 0 Å². The number of ether oxygens (including phenoxy) is 2. The van der Waals surface area contributed by atoms with Crippen molar-refractivity contribution in [2.45, 2.75) is 26.7 Å². The van der Waals surface area contributed by atoms with Crippen LogP contribution in [0.4, 0.5) is 5.69 Å². The minimum atomic E-state index is -0.193. The van der Waals surface area contributed by atoms with Gasteiger partial charge in [0.05, 0.1) is 12.5 Å². The number of hydrogen-bond donors (Lipinski definition) is 0. The molecule has 1 aliphatic carbocycles. The molecule has 2 rings (SSSR count). The first kappa shape index (κ1) is 14.6. The molecule has 0 atom stereocenters. The highest BCUT2D eigenvalue weighted by molar-refractivity contribution is 5.78. The van der Waals surface area contributed by atoms with Gasteiger partial charge in [-0.15, -0.1) is 0 Å². The van der Waals surface area contributed by atoms with E-state index in [9.17, 15) is 4.79 Å². The number of anilines is 1. The molecule has 1 saturated carbocycles. The lowest BCUT2D eigenvalue weighted by Gasteiger charge is -2.17. The Kier molecular flexibility index (Phi) is 4.47. The van der Waals surface area contributed by atoms with Gasteiger partial charge in [0.15, 0.2) is 0 Å². The predicted octanol–water partition coefficient (Wildman–Crippen LogP) is 2.50. The number of hydrogen-bond acceptors (Lipinski definition) is 5. The van der Waals surface area contributed by atoms with Crippen LogP contribution in [0.25, 0.3) is 0 Å². The Hall–Kier alpha value is -1.78. The molecular formula is C15H22N2O3. The summed E-state index contributed by atoms with van der Waals surface area (Å²) in [6.45, 7) is 4.73. The van der Waals surface area contributed by atoms with E-state index in [1.54, 1.807) is 6.07 Å². The molecule has 0 amide bonds. The number of pyridine rings is 1. The van der Waals surface area contributed by atoms with Crippen LogP contribution in [0.15, 0.2) is 12.1 Å². The number of aromatic nitrogens is 1. The second-order valence-electron chi connectivity index (χ2n) is 5.77. The van der Waals surface area contributed by atoms with Crippen LogP contribution in [0.2, 0.25) is 0 Å². The average molecular weight is 278 g/mol. The quantitative estimate of drug-likeness (QED) is 0.748. The normalized spacial score (nSPS) is 14.2. The maximum Gasteiger partial charge on any atom is 0.315 e. The van der Waals surface area contributed by atoms with Gasteiger partial charge in [-0.2, -0.15) is 4.98 Å². The van der Waals surface area contributed by atoms with Crippen LogP contribution < -0.4 is 14.4 Å². The number of carbonyl (C=O) groups is 1. The largest absolute Gasteiger partial charge is 0.477 e. The summed E-state index contributed by atoms with van der Waals surface area (Å²) >= 11 is 0. The standard InChI is InChI=1S/C15H22N2O3/c1-10(2)9-19-13-8-7-12(17(3)4)14(16-13)20-15(18)11-5-6-11/h7-8,10-11H,5-6,9H2,1-4H3. The zero-order chi connectivity index (χ0) is 14.7. The molecule has 0 spiro atoms. The summed E-state index contributed by atoms with van der Waals surface area (Å²) in [6, 6.07) is 3.66. The lowest BCUT2D eigenvalue weighted by atomic mass is 10.2. The summed E-state index contributed by atoms with van der Waals surface area (Å²) < 4.78 is 11.0. The van der Waals surface area contributed by atoms with Gasteiger partial charge in [0.2, 0.25) is 11.8 Å². The zero-order valence-electron chi connectivity index (χ0n) is 12.5. The molecule has 1 aromatic heterocycles. The van der Waals surface area contributed by atoms with Crippen molar-refractivity contribution in [2.24, 2.45) is 11.8 Å². The lowest BCUT2D eigenvalue weighted by Crippen LogP contribution is -2.16. The van der Waals surface area contributed by atoms with Gasteiger partial charge in [-0.1, -0.05) is 13.8 Å². The molecule has 5 heteroatoms. The summed E-state index contributed by atoms with van der Waals surface area (Å²) in [7, 11) is 3.78. The molecule has 5 nitrogen and oxygen atoms in total. The molecule has 0 bridgehead atoms. The van der Waals surface area contributed by atoms with Crippen molar-refractivity contribution in [3.8, 4) is 11.8 Å². The number of carbonyl (C=O) groups excluding carboxylic acids is 1. The molecule has 0 aromatic carbocycles. The molecule has 0 unspecified atom stereocenters. The third-order valence-corrected chi connectivity index (χ3v) is 2.97. The highest BCUT2D eigenvalue weighted by atomic mass is 16.5. The van der Waals surface area contributed by atoms with E-state index in [1.165, 1.54) is 0 Å². The molecule has 1 aliphatic rings. The van der Waals surface area contributed by atoms with E-state index in [-0.39, 0.29) is 11.9 Å². The average Bonchev–Trinajstić information content (AvgIpc) is 3.20. The number of rotatable bonds is 6. The van der Waals surface area contributed by atoms with E-state index >= 15 is 0 Å². The van der Waals surface area contributed by atoms with E-state index < -0.39 is 0 Å². The van der Waals surface area contributed by atoms with Crippen molar-refractivity contribution < 1.29 is 14.3 Å². The smallest absolute Gasteiger partial charge is 0.315 e. The first-order valence-electron chi connectivity index (χ1n) is 7.00. The molecule has 110 valence electrons. The lowest BCUT2D eigenvalue weighted by molar-refractivity contribution is -0.136. The van der Waals surface area contributed by atoms with Crippen LogP contribution in [-0.2, 0) is 4.79 Å². The maximum atomic E-state index is 11.8. The van der Waals surface area contributed by atoms with E-state index in [1.807, 2.05) is 25.1 Å². The highest BCUT2D eigenvalue weighted by Crippen LogP contribution is 2.33. The molecule has 0 radical (unpaired) electrons. The van der Waals surface area contributed by atoms with Crippen molar-refractivity contribution in [1.82, 2.24) is 4.98 Å². The van der Waals surface area contributed by atoms with Crippen LogP contribution in [0, 0.1) is 11.8 Å². The SMILES string of the molecule is CC(C)COc1ccc(N(C)C)c(OC(=O)C2CC2)n1. The zero-order valence-corrected chi connectivity index (χ0v) is 12.5. The minimum Gasteiger partial charge on any atom is -0.477 e. The monoisotopic (exact) mass is 278 g/mol. The first-order valence-corrected chi connectivity index (χ1v) is 7.00.